The van der Waals surface area contributed by atoms with Gasteiger partial charge >= 0.3 is 0 Å². The normalized spacial score (nSPS) is 18.3. The second kappa shape index (κ2) is 4.31. The van der Waals surface area contributed by atoms with Crippen molar-refractivity contribution in [2.75, 3.05) is 11.2 Å². The summed E-state index contributed by atoms with van der Waals surface area (Å²) in [4.78, 5) is 0. The molecule has 0 aliphatic carbocycles. The SMILES string of the molecule is Cc1ccc(C2CSc3nnc(C)n3N2)cc1C. The van der Waals surface area contributed by atoms with Crippen LogP contribution in [-0.4, -0.2) is 20.6 Å². The maximum absolute atomic E-state index is 4.13. The van der Waals surface area contributed by atoms with E-state index < -0.39 is 0 Å². The lowest BCUT2D eigenvalue weighted by Crippen LogP contribution is -2.28. The number of nitrogens with one attached hydrogen (secondary N) is 1. The second-order valence-electron chi connectivity index (χ2n) is 4.70. The third-order valence-corrected chi connectivity index (χ3v) is 4.41. The van der Waals surface area contributed by atoms with E-state index in [4.69, 9.17) is 0 Å². The Kier molecular flexibility index (Phi) is 2.78. The average molecular weight is 260 g/mol. The predicted molar refractivity (Wildman–Crippen MR) is 73.5 cm³/mol. The van der Waals surface area contributed by atoms with Crippen LogP contribution in [0.2, 0.25) is 0 Å². The molecule has 2 heterocycles. The molecule has 1 N–H and O–H groups in total. The van der Waals surface area contributed by atoms with E-state index in [0.29, 0.717) is 6.04 Å². The van der Waals surface area contributed by atoms with E-state index in [1.807, 2.05) is 11.6 Å². The van der Waals surface area contributed by atoms with Crippen LogP contribution in [0.5, 0.6) is 0 Å². The topological polar surface area (TPSA) is 42.7 Å². The minimum absolute atomic E-state index is 0.316. The Morgan fingerprint density at radius 3 is 2.83 bits per heavy atom. The molecule has 3 rings (SSSR count). The van der Waals surface area contributed by atoms with Crippen LogP contribution in [-0.2, 0) is 0 Å². The summed E-state index contributed by atoms with van der Waals surface area (Å²) in [6, 6.07) is 6.96. The first-order chi connectivity index (χ1) is 8.65. The van der Waals surface area contributed by atoms with Crippen molar-refractivity contribution in [3.63, 3.8) is 0 Å². The summed E-state index contributed by atoms with van der Waals surface area (Å²) in [5.41, 5.74) is 7.48. The van der Waals surface area contributed by atoms with E-state index in [1.54, 1.807) is 11.8 Å². The summed E-state index contributed by atoms with van der Waals surface area (Å²) in [6.45, 7) is 6.27. The molecular formula is C13H16N4S. The molecule has 0 amide bonds. The second-order valence-corrected chi connectivity index (χ2v) is 5.69. The van der Waals surface area contributed by atoms with Gasteiger partial charge in [0.25, 0.3) is 0 Å². The van der Waals surface area contributed by atoms with Gasteiger partial charge in [-0.05, 0) is 37.5 Å². The Morgan fingerprint density at radius 1 is 1.22 bits per heavy atom. The summed E-state index contributed by atoms with van der Waals surface area (Å²) < 4.78 is 1.98. The fourth-order valence-corrected chi connectivity index (χ4v) is 3.08. The van der Waals surface area contributed by atoms with Gasteiger partial charge in [0.1, 0.15) is 5.82 Å². The Balaban J connectivity index is 1.91. The molecule has 4 nitrogen and oxygen atoms in total. The molecule has 1 atom stereocenters. The van der Waals surface area contributed by atoms with Gasteiger partial charge in [-0.1, -0.05) is 30.0 Å². The molecule has 0 saturated carbocycles. The van der Waals surface area contributed by atoms with Crippen molar-refractivity contribution < 1.29 is 0 Å². The number of aryl methyl sites for hydroxylation is 3. The minimum Gasteiger partial charge on any atom is -0.314 e. The first-order valence-corrected chi connectivity index (χ1v) is 7.02. The van der Waals surface area contributed by atoms with Crippen molar-refractivity contribution in [1.29, 1.82) is 0 Å². The van der Waals surface area contributed by atoms with Crippen LogP contribution in [0.15, 0.2) is 23.4 Å². The van der Waals surface area contributed by atoms with Crippen molar-refractivity contribution in [1.82, 2.24) is 14.9 Å². The smallest absolute Gasteiger partial charge is 0.210 e. The van der Waals surface area contributed by atoms with Gasteiger partial charge in [-0.25, -0.2) is 4.68 Å². The Morgan fingerprint density at radius 2 is 2.06 bits per heavy atom. The van der Waals surface area contributed by atoms with Crippen LogP contribution < -0.4 is 5.43 Å². The highest BCUT2D eigenvalue weighted by molar-refractivity contribution is 7.99. The molecular weight excluding hydrogens is 244 g/mol. The van der Waals surface area contributed by atoms with Gasteiger partial charge in [0.15, 0.2) is 0 Å². The van der Waals surface area contributed by atoms with E-state index in [2.05, 4.69) is 47.7 Å². The third-order valence-electron chi connectivity index (χ3n) is 3.39. The molecule has 1 aromatic carbocycles. The highest BCUT2D eigenvalue weighted by Gasteiger charge is 2.22. The van der Waals surface area contributed by atoms with Crippen molar-refractivity contribution in [3.05, 3.63) is 40.7 Å². The molecule has 1 aromatic heterocycles. The number of hydrogen-bond donors (Lipinski definition) is 1. The number of aromatic nitrogens is 3. The molecule has 0 spiro atoms. The van der Waals surface area contributed by atoms with Gasteiger partial charge in [0.2, 0.25) is 5.16 Å². The molecule has 18 heavy (non-hydrogen) atoms. The first kappa shape index (κ1) is 11.6. The van der Waals surface area contributed by atoms with Gasteiger partial charge in [-0.15, -0.1) is 10.2 Å². The molecule has 0 bridgehead atoms. The molecule has 94 valence electrons. The molecule has 0 fully saturated rings. The van der Waals surface area contributed by atoms with Crippen molar-refractivity contribution in [3.8, 4) is 0 Å². The van der Waals surface area contributed by atoms with E-state index in [9.17, 15) is 0 Å². The largest absolute Gasteiger partial charge is 0.314 e. The van der Waals surface area contributed by atoms with Crippen LogP contribution in [0.3, 0.4) is 0 Å². The van der Waals surface area contributed by atoms with Crippen LogP contribution >= 0.6 is 11.8 Å². The Bertz CT molecular complexity index is 591. The lowest BCUT2D eigenvalue weighted by Gasteiger charge is -2.26. The average Bonchev–Trinajstić information content (AvgIpc) is 2.74. The number of benzene rings is 1. The number of fused-ring (bicyclic) bond motifs is 1. The van der Waals surface area contributed by atoms with Crippen LogP contribution in [0.4, 0.5) is 0 Å². The quantitative estimate of drug-likeness (QED) is 0.856. The molecule has 1 aliphatic rings. The standard InChI is InChI=1S/C13H16N4S/c1-8-4-5-11(6-9(8)2)12-7-18-13-15-14-10(3)17(13)16-12/h4-6,12,16H,7H2,1-3H3. The van der Waals surface area contributed by atoms with Crippen LogP contribution in [0.25, 0.3) is 0 Å². The first-order valence-electron chi connectivity index (χ1n) is 6.03. The molecule has 1 aliphatic heterocycles. The number of rotatable bonds is 1. The van der Waals surface area contributed by atoms with E-state index in [-0.39, 0.29) is 0 Å². The zero-order valence-electron chi connectivity index (χ0n) is 10.8. The van der Waals surface area contributed by atoms with E-state index in [0.717, 1.165) is 16.7 Å². The molecule has 0 saturated heterocycles. The monoisotopic (exact) mass is 260 g/mol. The maximum Gasteiger partial charge on any atom is 0.210 e. The number of thioether (sulfide) groups is 1. The zero-order chi connectivity index (χ0) is 12.7. The van der Waals surface area contributed by atoms with Crippen LogP contribution in [0.1, 0.15) is 28.6 Å². The van der Waals surface area contributed by atoms with Crippen molar-refractivity contribution in [2.45, 2.75) is 32.0 Å². The Labute approximate surface area is 111 Å². The van der Waals surface area contributed by atoms with Gasteiger partial charge in [-0.2, -0.15) is 0 Å². The Hall–Kier alpha value is -1.49. The van der Waals surface area contributed by atoms with Gasteiger partial charge in [0.05, 0.1) is 6.04 Å². The summed E-state index contributed by atoms with van der Waals surface area (Å²) in [5, 5.41) is 9.17. The fourth-order valence-electron chi connectivity index (χ4n) is 2.09. The molecule has 2 aromatic rings. The lowest BCUT2D eigenvalue weighted by atomic mass is 10.0. The molecule has 5 heteroatoms. The molecule has 1 unspecified atom stereocenters. The predicted octanol–water partition coefficient (Wildman–Crippen LogP) is 2.59. The summed E-state index contributed by atoms with van der Waals surface area (Å²) in [5.74, 6) is 1.90. The maximum atomic E-state index is 4.13. The summed E-state index contributed by atoms with van der Waals surface area (Å²) in [7, 11) is 0. The minimum atomic E-state index is 0.316. The number of nitrogens with zero attached hydrogens (tertiary/aromatic N) is 3. The third kappa shape index (κ3) is 1.88. The highest BCUT2D eigenvalue weighted by atomic mass is 32.2. The molecule has 0 radical (unpaired) electrons. The highest BCUT2D eigenvalue weighted by Crippen LogP contribution is 2.30. The summed E-state index contributed by atoms with van der Waals surface area (Å²) >= 11 is 1.75. The van der Waals surface area contributed by atoms with E-state index >= 15 is 0 Å². The fraction of sp³-hybridized carbons (Fsp3) is 0.385. The lowest BCUT2D eigenvalue weighted by molar-refractivity contribution is 0.645. The van der Waals surface area contributed by atoms with Crippen molar-refractivity contribution in [2.24, 2.45) is 0 Å². The number of hydrogen-bond acceptors (Lipinski definition) is 4. The zero-order valence-corrected chi connectivity index (χ0v) is 11.6. The van der Waals surface area contributed by atoms with Crippen molar-refractivity contribution >= 4 is 11.8 Å². The van der Waals surface area contributed by atoms with Gasteiger partial charge in [-0.3, -0.25) is 0 Å². The summed E-state index contributed by atoms with van der Waals surface area (Å²) in [6.07, 6.45) is 0. The van der Waals surface area contributed by atoms with Crippen LogP contribution in [0, 0.1) is 20.8 Å². The van der Waals surface area contributed by atoms with Gasteiger partial charge in [0, 0.05) is 5.75 Å². The van der Waals surface area contributed by atoms with E-state index in [1.165, 1.54) is 16.7 Å². The van der Waals surface area contributed by atoms with Gasteiger partial charge < -0.3 is 5.43 Å².